The van der Waals surface area contributed by atoms with Crippen molar-refractivity contribution in [2.75, 3.05) is 27.7 Å². The number of quaternary nitrogens is 1. The van der Waals surface area contributed by atoms with Crippen LogP contribution in [0, 0.1) is 0 Å². The number of nitrogens with one attached hydrogen (secondary N) is 1. The van der Waals surface area contributed by atoms with E-state index in [9.17, 15) is 0 Å². The van der Waals surface area contributed by atoms with Crippen LogP contribution in [0.3, 0.4) is 0 Å². The maximum Gasteiger partial charge on any atom is 0.0853 e. The van der Waals surface area contributed by atoms with Crippen LogP contribution in [0.1, 0.15) is 110 Å². The molecule has 0 saturated heterocycles. The minimum atomic E-state index is 0. The Morgan fingerprint density at radius 2 is 0.792 bits per heavy atom. The third-order valence-corrected chi connectivity index (χ3v) is 4.62. The van der Waals surface area contributed by atoms with Gasteiger partial charge >= 0.3 is 0 Å². The molecule has 0 fully saturated rings. The molecule has 24 heavy (non-hydrogen) atoms. The highest BCUT2D eigenvalue weighted by Crippen LogP contribution is 2.13. The maximum atomic E-state index is 3.51. The molecule has 3 heteroatoms. The van der Waals surface area contributed by atoms with E-state index in [-0.39, 0.29) is 12.4 Å². The van der Waals surface area contributed by atoms with Crippen LogP contribution in [0.2, 0.25) is 0 Å². The third-order valence-electron chi connectivity index (χ3n) is 4.62. The molecule has 0 aromatic rings. The molecule has 0 aliphatic carbocycles. The van der Waals surface area contributed by atoms with E-state index in [2.05, 4.69) is 33.5 Å². The quantitative estimate of drug-likeness (QED) is 0.159. The molecule has 0 aromatic heterocycles. The largest absolute Gasteiger partial charge is 0.253 e. The van der Waals surface area contributed by atoms with Crippen molar-refractivity contribution in [2.24, 2.45) is 0 Å². The van der Waals surface area contributed by atoms with Gasteiger partial charge in [-0.15, -0.1) is 12.4 Å². The Labute approximate surface area is 160 Å². The first kappa shape index (κ1) is 26.4. The van der Waals surface area contributed by atoms with Crippen LogP contribution >= 0.6 is 12.4 Å². The smallest absolute Gasteiger partial charge is 0.0853 e. The topological polar surface area (TPSA) is 12.0 Å². The number of halogens is 1. The molecule has 0 radical (unpaired) electrons. The zero-order valence-corrected chi connectivity index (χ0v) is 18.2. The van der Waals surface area contributed by atoms with Crippen molar-refractivity contribution in [2.45, 2.75) is 110 Å². The fourth-order valence-electron chi connectivity index (χ4n) is 3.09. The molecule has 0 rings (SSSR count). The fourth-order valence-corrected chi connectivity index (χ4v) is 3.09. The molecule has 0 spiro atoms. The average molecular weight is 364 g/mol. The van der Waals surface area contributed by atoms with Gasteiger partial charge in [-0.3, -0.25) is 4.59 Å². The second-order valence-corrected chi connectivity index (χ2v) is 8.22. The normalized spacial score (nSPS) is 11.5. The first-order chi connectivity index (χ1) is 11.1. The molecule has 0 aromatic carbocycles. The lowest BCUT2D eigenvalue weighted by atomic mass is 10.0. The summed E-state index contributed by atoms with van der Waals surface area (Å²) in [6, 6.07) is 0. The third kappa shape index (κ3) is 24.5. The lowest BCUT2D eigenvalue weighted by molar-refractivity contribution is -0.915. The number of nitrogens with zero attached hydrogens (tertiary/aromatic N) is 1. The van der Waals surface area contributed by atoms with Crippen LogP contribution < -0.4 is 5.43 Å². The van der Waals surface area contributed by atoms with Crippen LogP contribution in [-0.4, -0.2) is 32.3 Å². The van der Waals surface area contributed by atoms with E-state index in [1.165, 1.54) is 103 Å². The van der Waals surface area contributed by atoms with Crippen molar-refractivity contribution < 1.29 is 4.59 Å². The summed E-state index contributed by atoms with van der Waals surface area (Å²) in [7, 11) is 6.56. The Bertz CT molecular complexity index is 226. The standard InChI is InChI=1S/C21H47N2.ClH/c1-5-6-7-8-9-10-11-12-13-14-15-16-17-18-19-20-21-22-23(2,3)4;/h22H,5-21H2,1-4H3;1H/q+1;. The molecule has 1 N–H and O–H groups in total. The SMILES string of the molecule is CCCCCCCCCCCCCCCCCCN[N+](C)(C)C.Cl. The highest BCUT2D eigenvalue weighted by atomic mass is 35.5. The molecule has 148 valence electrons. The lowest BCUT2D eigenvalue weighted by Crippen LogP contribution is -2.48. The molecule has 0 saturated carbocycles. The van der Waals surface area contributed by atoms with Gasteiger partial charge in [-0.05, 0) is 6.42 Å². The summed E-state index contributed by atoms with van der Waals surface area (Å²) >= 11 is 0. The molecule has 0 unspecified atom stereocenters. The van der Waals surface area contributed by atoms with Crippen molar-refractivity contribution in [3.63, 3.8) is 0 Å². The van der Waals surface area contributed by atoms with Crippen molar-refractivity contribution in [3.05, 3.63) is 0 Å². The second-order valence-electron chi connectivity index (χ2n) is 8.22. The molecule has 0 heterocycles. The second kappa shape index (κ2) is 19.5. The molecular weight excluding hydrogens is 316 g/mol. The number of rotatable bonds is 18. The van der Waals surface area contributed by atoms with Crippen LogP contribution in [-0.2, 0) is 0 Å². The van der Waals surface area contributed by atoms with E-state index in [0.717, 1.165) is 11.1 Å². The van der Waals surface area contributed by atoms with E-state index in [1.54, 1.807) is 0 Å². The predicted molar refractivity (Wildman–Crippen MR) is 113 cm³/mol. The highest BCUT2D eigenvalue weighted by molar-refractivity contribution is 5.85. The van der Waals surface area contributed by atoms with Crippen LogP contribution in [0.4, 0.5) is 0 Å². The van der Waals surface area contributed by atoms with Gasteiger partial charge in [-0.2, -0.15) is 5.43 Å². The van der Waals surface area contributed by atoms with Crippen LogP contribution in [0.25, 0.3) is 0 Å². The molecule has 2 nitrogen and oxygen atoms in total. The number of unbranched alkanes of at least 4 members (excludes halogenated alkanes) is 15. The summed E-state index contributed by atoms with van der Waals surface area (Å²) in [6.45, 7) is 3.45. The van der Waals surface area contributed by atoms with Gasteiger partial charge in [0.05, 0.1) is 21.1 Å². The maximum absolute atomic E-state index is 3.51. The summed E-state index contributed by atoms with van der Waals surface area (Å²) in [5.41, 5.74) is 3.51. The Morgan fingerprint density at radius 3 is 1.08 bits per heavy atom. The van der Waals surface area contributed by atoms with Gasteiger partial charge in [0.2, 0.25) is 0 Å². The molecule has 0 aliphatic rings. The first-order valence-corrected chi connectivity index (χ1v) is 10.6. The number of hydrogen-bond donors (Lipinski definition) is 1. The van der Waals surface area contributed by atoms with E-state index in [4.69, 9.17) is 0 Å². The molecule has 0 amide bonds. The minimum Gasteiger partial charge on any atom is -0.253 e. The van der Waals surface area contributed by atoms with E-state index >= 15 is 0 Å². The Morgan fingerprint density at radius 1 is 0.500 bits per heavy atom. The Kier molecular flexibility index (Phi) is 21.5. The predicted octanol–water partition coefficient (Wildman–Crippen LogP) is 6.88. The summed E-state index contributed by atoms with van der Waals surface area (Å²) < 4.78 is 0.874. The van der Waals surface area contributed by atoms with Crippen molar-refractivity contribution in [1.29, 1.82) is 0 Å². The van der Waals surface area contributed by atoms with Crippen LogP contribution in [0.5, 0.6) is 0 Å². The average Bonchev–Trinajstić information content (AvgIpc) is 2.49. The molecule has 0 aliphatic heterocycles. The summed E-state index contributed by atoms with van der Waals surface area (Å²) in [5.74, 6) is 0. The minimum absolute atomic E-state index is 0. The van der Waals surface area contributed by atoms with Gasteiger partial charge in [0.15, 0.2) is 0 Å². The highest BCUT2D eigenvalue weighted by Gasteiger charge is 2.03. The fraction of sp³-hybridized carbons (Fsp3) is 1.00. The van der Waals surface area contributed by atoms with E-state index in [0.29, 0.717) is 0 Å². The lowest BCUT2D eigenvalue weighted by Gasteiger charge is -2.23. The summed E-state index contributed by atoms with van der Waals surface area (Å²) in [4.78, 5) is 0. The molecule has 0 bridgehead atoms. The first-order valence-electron chi connectivity index (χ1n) is 10.6. The van der Waals surface area contributed by atoms with Gasteiger partial charge in [-0.25, -0.2) is 0 Å². The zero-order valence-electron chi connectivity index (χ0n) is 17.4. The summed E-state index contributed by atoms with van der Waals surface area (Å²) in [5, 5.41) is 0. The van der Waals surface area contributed by atoms with Crippen molar-refractivity contribution in [3.8, 4) is 0 Å². The van der Waals surface area contributed by atoms with E-state index < -0.39 is 0 Å². The van der Waals surface area contributed by atoms with Crippen LogP contribution in [0.15, 0.2) is 0 Å². The Balaban J connectivity index is 0. The van der Waals surface area contributed by atoms with Gasteiger partial charge in [0.25, 0.3) is 0 Å². The zero-order chi connectivity index (χ0) is 17.2. The monoisotopic (exact) mass is 363 g/mol. The van der Waals surface area contributed by atoms with Gasteiger partial charge in [0, 0.05) is 6.54 Å². The Hall–Kier alpha value is 0.210. The van der Waals surface area contributed by atoms with Gasteiger partial charge in [-0.1, -0.05) is 103 Å². The van der Waals surface area contributed by atoms with Gasteiger partial charge < -0.3 is 0 Å². The molecular formula is C21H48ClN2+. The van der Waals surface area contributed by atoms with Crippen molar-refractivity contribution >= 4 is 12.4 Å². The summed E-state index contributed by atoms with van der Waals surface area (Å²) in [6.07, 6.45) is 23.1. The van der Waals surface area contributed by atoms with Crippen molar-refractivity contribution in [1.82, 2.24) is 5.43 Å². The van der Waals surface area contributed by atoms with Gasteiger partial charge in [0.1, 0.15) is 0 Å². The number of hydrogen-bond acceptors (Lipinski definition) is 1. The molecule has 0 atom stereocenters. The van der Waals surface area contributed by atoms with E-state index in [1.807, 2.05) is 0 Å².